The maximum atomic E-state index is 12.8. The molecule has 2 aromatic carbocycles. The van der Waals surface area contributed by atoms with Gasteiger partial charge in [-0.3, -0.25) is 14.6 Å². The Morgan fingerprint density at radius 1 is 1.06 bits per heavy atom. The molecule has 2 heterocycles. The molecule has 1 amide bonds. The van der Waals surface area contributed by atoms with Crippen LogP contribution in [0.3, 0.4) is 0 Å². The van der Waals surface area contributed by atoms with Crippen LogP contribution in [-0.2, 0) is 30.7 Å². The van der Waals surface area contributed by atoms with Crippen LogP contribution in [0.25, 0.3) is 0 Å². The van der Waals surface area contributed by atoms with Crippen LogP contribution in [0.2, 0.25) is 0 Å². The van der Waals surface area contributed by atoms with Crippen molar-refractivity contribution in [2.45, 2.75) is 39.3 Å². The first-order valence-electron chi connectivity index (χ1n) is 11.2. The van der Waals surface area contributed by atoms with Crippen LogP contribution in [0.1, 0.15) is 34.6 Å². The van der Waals surface area contributed by atoms with Crippen LogP contribution in [0.15, 0.2) is 48.5 Å². The summed E-state index contributed by atoms with van der Waals surface area (Å²) in [6, 6.07) is 15.1. The van der Waals surface area contributed by atoms with E-state index in [0.29, 0.717) is 38.3 Å². The maximum absolute atomic E-state index is 12.8. The Kier molecular flexibility index (Phi) is 6.89. The van der Waals surface area contributed by atoms with E-state index in [9.17, 15) is 9.90 Å². The quantitative estimate of drug-likeness (QED) is 0.569. The lowest BCUT2D eigenvalue weighted by atomic mass is 10.0. The van der Waals surface area contributed by atoms with E-state index in [2.05, 4.69) is 4.90 Å². The van der Waals surface area contributed by atoms with Crippen LogP contribution >= 0.6 is 0 Å². The summed E-state index contributed by atoms with van der Waals surface area (Å²) in [5.41, 5.74) is 4.21. The van der Waals surface area contributed by atoms with E-state index in [1.54, 1.807) is 19.2 Å². The van der Waals surface area contributed by atoms with Gasteiger partial charge in [0.1, 0.15) is 23.1 Å². The number of benzene rings is 2. The molecule has 7 heteroatoms. The van der Waals surface area contributed by atoms with Gasteiger partial charge in [-0.15, -0.1) is 0 Å². The van der Waals surface area contributed by atoms with Crippen molar-refractivity contribution >= 4 is 11.7 Å². The number of hydrogen-bond acceptors (Lipinski definition) is 6. The van der Waals surface area contributed by atoms with Gasteiger partial charge in [-0.05, 0) is 62.2 Å². The van der Waals surface area contributed by atoms with Gasteiger partial charge in [0.2, 0.25) is 5.91 Å². The SMILES string of the molecule is COc1cccc(CCN2C(=O)CCc3c(C)nc(CN(C)Cc4ccc(O)cc4)nc32)c1. The molecular formula is C26H30N4O3. The minimum absolute atomic E-state index is 0.104. The number of carbonyl (C=O) groups excluding carboxylic acids is 1. The molecule has 0 saturated heterocycles. The number of nitrogens with zero attached hydrogens (tertiary/aromatic N) is 4. The molecule has 0 radical (unpaired) electrons. The van der Waals surface area contributed by atoms with Gasteiger partial charge in [-0.25, -0.2) is 9.97 Å². The number of fused-ring (bicyclic) bond motifs is 1. The van der Waals surface area contributed by atoms with Crippen molar-refractivity contribution in [3.63, 3.8) is 0 Å². The Hall–Kier alpha value is -3.45. The fourth-order valence-corrected chi connectivity index (χ4v) is 4.22. The molecule has 1 aromatic heterocycles. The topological polar surface area (TPSA) is 78.8 Å². The largest absolute Gasteiger partial charge is 0.508 e. The first kappa shape index (κ1) is 22.7. The van der Waals surface area contributed by atoms with Crippen LogP contribution in [-0.4, -0.2) is 46.6 Å². The summed E-state index contributed by atoms with van der Waals surface area (Å²) in [5, 5.41) is 9.49. The normalized spacial score (nSPS) is 13.3. The van der Waals surface area contributed by atoms with E-state index in [4.69, 9.17) is 14.7 Å². The first-order chi connectivity index (χ1) is 15.9. The number of ether oxygens (including phenoxy) is 1. The Labute approximate surface area is 194 Å². The average molecular weight is 447 g/mol. The number of methoxy groups -OCH3 is 1. The number of hydrogen-bond donors (Lipinski definition) is 1. The van der Waals surface area contributed by atoms with E-state index in [1.807, 2.05) is 55.3 Å². The monoisotopic (exact) mass is 446 g/mol. The Bertz CT molecular complexity index is 1130. The molecule has 4 rings (SSSR count). The molecule has 172 valence electrons. The predicted octanol–water partition coefficient (Wildman–Crippen LogP) is 3.65. The number of rotatable bonds is 8. The molecule has 0 atom stereocenters. The van der Waals surface area contributed by atoms with Gasteiger partial charge >= 0.3 is 0 Å². The molecule has 7 nitrogen and oxygen atoms in total. The summed E-state index contributed by atoms with van der Waals surface area (Å²) in [6.07, 6.45) is 1.89. The highest BCUT2D eigenvalue weighted by molar-refractivity contribution is 5.95. The third kappa shape index (κ3) is 5.49. The fourth-order valence-electron chi connectivity index (χ4n) is 4.22. The Morgan fingerprint density at radius 3 is 2.61 bits per heavy atom. The molecule has 0 aliphatic carbocycles. The van der Waals surface area contributed by atoms with Gasteiger partial charge in [-0.2, -0.15) is 0 Å². The molecule has 33 heavy (non-hydrogen) atoms. The van der Waals surface area contributed by atoms with Crippen LogP contribution < -0.4 is 9.64 Å². The maximum Gasteiger partial charge on any atom is 0.228 e. The van der Waals surface area contributed by atoms with E-state index < -0.39 is 0 Å². The lowest BCUT2D eigenvalue weighted by Gasteiger charge is -2.30. The summed E-state index contributed by atoms with van der Waals surface area (Å²) in [6.45, 7) is 3.84. The number of aryl methyl sites for hydroxylation is 1. The molecule has 1 N–H and O–H groups in total. The second kappa shape index (κ2) is 10.0. The molecule has 1 aliphatic rings. The zero-order valence-corrected chi connectivity index (χ0v) is 19.4. The summed E-state index contributed by atoms with van der Waals surface area (Å²) in [5.74, 6) is 2.62. The van der Waals surface area contributed by atoms with E-state index in [1.165, 1.54) is 0 Å². The van der Waals surface area contributed by atoms with Crippen LogP contribution in [0.4, 0.5) is 5.82 Å². The lowest BCUT2D eigenvalue weighted by molar-refractivity contribution is -0.118. The molecule has 3 aromatic rings. The zero-order chi connectivity index (χ0) is 23.4. The van der Waals surface area contributed by atoms with Crippen molar-refractivity contribution in [1.82, 2.24) is 14.9 Å². The lowest BCUT2D eigenvalue weighted by Crippen LogP contribution is -2.38. The van der Waals surface area contributed by atoms with Crippen molar-refractivity contribution in [3.8, 4) is 11.5 Å². The Balaban J connectivity index is 1.51. The number of aromatic nitrogens is 2. The highest BCUT2D eigenvalue weighted by Gasteiger charge is 2.28. The third-order valence-corrected chi connectivity index (χ3v) is 5.94. The molecule has 0 spiro atoms. The second-order valence-corrected chi connectivity index (χ2v) is 8.51. The summed E-state index contributed by atoms with van der Waals surface area (Å²) in [7, 11) is 3.67. The minimum Gasteiger partial charge on any atom is -0.508 e. The van der Waals surface area contributed by atoms with Gasteiger partial charge in [0, 0.05) is 30.8 Å². The van der Waals surface area contributed by atoms with Crippen molar-refractivity contribution in [2.24, 2.45) is 0 Å². The van der Waals surface area contributed by atoms with Gasteiger partial charge < -0.3 is 9.84 Å². The number of phenols is 1. The summed E-state index contributed by atoms with van der Waals surface area (Å²) >= 11 is 0. The minimum atomic E-state index is 0.104. The molecule has 0 fully saturated rings. The number of amides is 1. The summed E-state index contributed by atoms with van der Waals surface area (Å²) in [4.78, 5) is 26.3. The molecular weight excluding hydrogens is 416 g/mol. The van der Waals surface area contributed by atoms with E-state index in [0.717, 1.165) is 40.4 Å². The van der Waals surface area contributed by atoms with Crippen LogP contribution in [0, 0.1) is 6.92 Å². The van der Waals surface area contributed by atoms with Crippen molar-refractivity contribution in [3.05, 3.63) is 76.7 Å². The van der Waals surface area contributed by atoms with Gasteiger partial charge in [0.05, 0.1) is 13.7 Å². The smallest absolute Gasteiger partial charge is 0.228 e. The Morgan fingerprint density at radius 2 is 1.85 bits per heavy atom. The van der Waals surface area contributed by atoms with Crippen molar-refractivity contribution in [2.75, 3.05) is 25.6 Å². The molecule has 0 saturated carbocycles. The zero-order valence-electron chi connectivity index (χ0n) is 19.4. The first-order valence-corrected chi connectivity index (χ1v) is 11.2. The second-order valence-electron chi connectivity index (χ2n) is 8.51. The third-order valence-electron chi connectivity index (χ3n) is 5.94. The number of carbonyl (C=O) groups is 1. The van der Waals surface area contributed by atoms with Gasteiger partial charge in [0.25, 0.3) is 0 Å². The standard InChI is InChI=1S/C26H30N4O3/c1-18-23-11-12-25(32)30(14-13-19-5-4-6-22(15-19)33-3)26(23)28-24(27-18)17-29(2)16-20-7-9-21(31)10-8-20/h4-10,15,31H,11-14,16-17H2,1-3H3. The van der Waals surface area contributed by atoms with Gasteiger partial charge in [0.15, 0.2) is 0 Å². The van der Waals surface area contributed by atoms with Crippen LogP contribution in [0.5, 0.6) is 11.5 Å². The number of aromatic hydroxyl groups is 1. The summed E-state index contributed by atoms with van der Waals surface area (Å²) < 4.78 is 5.32. The van der Waals surface area contributed by atoms with Crippen molar-refractivity contribution in [1.29, 1.82) is 0 Å². The van der Waals surface area contributed by atoms with E-state index >= 15 is 0 Å². The predicted molar refractivity (Wildman–Crippen MR) is 127 cm³/mol. The fraction of sp³-hybridized carbons (Fsp3) is 0.346. The number of anilines is 1. The number of phenolic OH excluding ortho intramolecular Hbond substituents is 1. The highest BCUT2D eigenvalue weighted by atomic mass is 16.5. The van der Waals surface area contributed by atoms with E-state index in [-0.39, 0.29) is 11.7 Å². The molecule has 0 bridgehead atoms. The highest BCUT2D eigenvalue weighted by Crippen LogP contribution is 2.28. The molecule has 0 unspecified atom stereocenters. The van der Waals surface area contributed by atoms with Gasteiger partial charge in [-0.1, -0.05) is 24.3 Å². The average Bonchev–Trinajstić information content (AvgIpc) is 2.80. The van der Waals surface area contributed by atoms with Crippen molar-refractivity contribution < 1.29 is 14.6 Å². The molecule has 1 aliphatic heterocycles.